The van der Waals surface area contributed by atoms with Crippen LogP contribution in [0.3, 0.4) is 0 Å². The second-order valence-corrected chi connectivity index (χ2v) is 6.70. The highest BCUT2D eigenvalue weighted by Gasteiger charge is 2.30. The Morgan fingerprint density at radius 2 is 2.10 bits per heavy atom. The molecule has 1 aromatic carbocycles. The van der Waals surface area contributed by atoms with E-state index < -0.39 is 0 Å². The van der Waals surface area contributed by atoms with Gasteiger partial charge in [0.15, 0.2) is 0 Å². The molecule has 0 spiro atoms. The summed E-state index contributed by atoms with van der Waals surface area (Å²) in [5.41, 5.74) is 2.54. The van der Waals surface area contributed by atoms with Crippen LogP contribution < -0.4 is 5.32 Å². The lowest BCUT2D eigenvalue weighted by Gasteiger charge is -2.26. The number of hydrogen-bond donors (Lipinski definition) is 1. The topological polar surface area (TPSA) is 12.0 Å². The monoisotopic (exact) mass is 293 g/mol. The van der Waals surface area contributed by atoms with Crippen molar-refractivity contribution in [1.29, 1.82) is 0 Å². The van der Waals surface area contributed by atoms with Crippen LogP contribution in [0.15, 0.2) is 18.2 Å². The molecule has 0 saturated heterocycles. The van der Waals surface area contributed by atoms with E-state index in [1.165, 1.54) is 43.2 Å². The molecular formula is C18H28ClN. The number of aryl methyl sites for hydroxylation is 1. The van der Waals surface area contributed by atoms with Crippen molar-refractivity contribution in [3.63, 3.8) is 0 Å². The highest BCUT2D eigenvalue weighted by molar-refractivity contribution is 6.31. The van der Waals surface area contributed by atoms with Crippen LogP contribution in [0, 0.1) is 18.8 Å². The fourth-order valence-electron chi connectivity index (χ4n) is 3.45. The first kappa shape index (κ1) is 15.9. The van der Waals surface area contributed by atoms with Gasteiger partial charge >= 0.3 is 0 Å². The molecule has 1 aliphatic rings. The first-order valence-electron chi connectivity index (χ1n) is 8.15. The summed E-state index contributed by atoms with van der Waals surface area (Å²) in [6.45, 7) is 7.71. The van der Waals surface area contributed by atoms with E-state index in [0.29, 0.717) is 6.04 Å². The Bertz CT molecular complexity index is 429. The maximum Gasteiger partial charge on any atom is 0.0438 e. The van der Waals surface area contributed by atoms with Gasteiger partial charge in [-0.3, -0.25) is 0 Å². The Labute approximate surface area is 129 Å². The lowest BCUT2D eigenvalue weighted by Crippen LogP contribution is -2.28. The van der Waals surface area contributed by atoms with E-state index in [1.54, 1.807) is 0 Å². The predicted molar refractivity (Wildman–Crippen MR) is 88.3 cm³/mol. The van der Waals surface area contributed by atoms with Crippen molar-refractivity contribution >= 4 is 11.6 Å². The fourth-order valence-corrected chi connectivity index (χ4v) is 3.64. The second kappa shape index (κ2) is 7.47. The molecular weight excluding hydrogens is 266 g/mol. The Kier molecular flexibility index (Phi) is 5.92. The molecule has 1 fully saturated rings. The Balaban J connectivity index is 2.16. The zero-order valence-electron chi connectivity index (χ0n) is 13.1. The third-order valence-electron chi connectivity index (χ3n) is 4.80. The quantitative estimate of drug-likeness (QED) is 0.728. The lowest BCUT2D eigenvalue weighted by molar-refractivity contribution is 0.354. The van der Waals surface area contributed by atoms with Crippen molar-refractivity contribution in [3.05, 3.63) is 34.3 Å². The van der Waals surface area contributed by atoms with E-state index in [0.717, 1.165) is 23.4 Å². The molecule has 0 radical (unpaired) electrons. The van der Waals surface area contributed by atoms with Crippen molar-refractivity contribution in [3.8, 4) is 0 Å². The van der Waals surface area contributed by atoms with Gasteiger partial charge in [0.05, 0.1) is 0 Å². The summed E-state index contributed by atoms with van der Waals surface area (Å²) in [4.78, 5) is 0. The normalized spacial score (nSPS) is 24.0. The van der Waals surface area contributed by atoms with E-state index in [4.69, 9.17) is 11.6 Å². The molecule has 0 amide bonds. The summed E-state index contributed by atoms with van der Waals surface area (Å²) in [7, 11) is 0. The van der Waals surface area contributed by atoms with Crippen LogP contribution in [0.25, 0.3) is 0 Å². The van der Waals surface area contributed by atoms with Crippen LogP contribution in [0.5, 0.6) is 0 Å². The minimum Gasteiger partial charge on any atom is -0.310 e. The third kappa shape index (κ3) is 3.77. The predicted octanol–water partition coefficient (Wildman–Crippen LogP) is 5.52. The highest BCUT2D eigenvalue weighted by atomic mass is 35.5. The molecule has 2 heteroatoms. The SMILES string of the molecule is CCCNC(c1ccc(C)c(Cl)c1)C1CCC(CC)C1. The van der Waals surface area contributed by atoms with Crippen LogP contribution in [0.4, 0.5) is 0 Å². The van der Waals surface area contributed by atoms with Crippen LogP contribution >= 0.6 is 11.6 Å². The van der Waals surface area contributed by atoms with Crippen LogP contribution in [0.2, 0.25) is 5.02 Å². The fraction of sp³-hybridized carbons (Fsp3) is 0.667. The van der Waals surface area contributed by atoms with Gasteiger partial charge in [-0.25, -0.2) is 0 Å². The van der Waals surface area contributed by atoms with E-state index in [1.807, 2.05) is 0 Å². The molecule has 1 saturated carbocycles. The van der Waals surface area contributed by atoms with Crippen molar-refractivity contribution in [1.82, 2.24) is 5.32 Å². The van der Waals surface area contributed by atoms with E-state index in [2.05, 4.69) is 44.3 Å². The molecule has 2 rings (SSSR count). The minimum absolute atomic E-state index is 0.476. The highest BCUT2D eigenvalue weighted by Crippen LogP contribution is 2.41. The second-order valence-electron chi connectivity index (χ2n) is 6.29. The van der Waals surface area contributed by atoms with Gasteiger partial charge in [-0.15, -0.1) is 0 Å². The molecule has 0 aromatic heterocycles. The minimum atomic E-state index is 0.476. The van der Waals surface area contributed by atoms with Crippen molar-refractivity contribution < 1.29 is 0 Å². The van der Waals surface area contributed by atoms with Gasteiger partial charge in [-0.05, 0) is 61.8 Å². The van der Waals surface area contributed by atoms with Gasteiger partial charge in [-0.2, -0.15) is 0 Å². The van der Waals surface area contributed by atoms with Crippen LogP contribution in [-0.4, -0.2) is 6.54 Å². The summed E-state index contributed by atoms with van der Waals surface area (Å²) in [5, 5.41) is 4.66. The Morgan fingerprint density at radius 3 is 2.70 bits per heavy atom. The third-order valence-corrected chi connectivity index (χ3v) is 5.21. The van der Waals surface area contributed by atoms with E-state index in [9.17, 15) is 0 Å². The molecule has 0 heterocycles. The average molecular weight is 294 g/mol. The van der Waals surface area contributed by atoms with Gasteiger partial charge in [0, 0.05) is 11.1 Å². The van der Waals surface area contributed by atoms with E-state index in [-0.39, 0.29) is 0 Å². The molecule has 20 heavy (non-hydrogen) atoms. The number of rotatable bonds is 6. The Morgan fingerprint density at radius 1 is 1.30 bits per heavy atom. The van der Waals surface area contributed by atoms with Crippen LogP contribution in [-0.2, 0) is 0 Å². The summed E-state index contributed by atoms with van der Waals surface area (Å²) in [6.07, 6.45) is 6.62. The summed E-state index contributed by atoms with van der Waals surface area (Å²) < 4.78 is 0. The smallest absolute Gasteiger partial charge is 0.0438 e. The van der Waals surface area contributed by atoms with Gasteiger partial charge < -0.3 is 5.32 Å². The van der Waals surface area contributed by atoms with Gasteiger partial charge in [0.25, 0.3) is 0 Å². The molecule has 1 aliphatic carbocycles. The number of nitrogens with one attached hydrogen (secondary N) is 1. The molecule has 3 atom stereocenters. The number of halogens is 1. The molecule has 112 valence electrons. The summed E-state index contributed by atoms with van der Waals surface area (Å²) in [6, 6.07) is 7.06. The standard InChI is InChI=1S/C18H28ClN/c1-4-10-20-18(15-9-7-14(5-2)11-15)16-8-6-13(3)17(19)12-16/h6,8,12,14-15,18,20H,4-5,7,9-11H2,1-3H3. The van der Waals surface area contributed by atoms with Gasteiger partial charge in [0.1, 0.15) is 0 Å². The maximum absolute atomic E-state index is 6.33. The first-order chi connectivity index (χ1) is 9.65. The molecule has 0 aliphatic heterocycles. The summed E-state index contributed by atoms with van der Waals surface area (Å²) in [5.74, 6) is 1.69. The molecule has 3 unspecified atom stereocenters. The first-order valence-corrected chi connectivity index (χ1v) is 8.52. The van der Waals surface area contributed by atoms with E-state index >= 15 is 0 Å². The number of hydrogen-bond acceptors (Lipinski definition) is 1. The zero-order valence-corrected chi connectivity index (χ0v) is 13.8. The molecule has 1 nitrogen and oxygen atoms in total. The van der Waals surface area contributed by atoms with Crippen molar-refractivity contribution in [2.45, 2.75) is 58.9 Å². The van der Waals surface area contributed by atoms with Crippen LogP contribution in [0.1, 0.15) is 63.1 Å². The zero-order chi connectivity index (χ0) is 14.5. The molecule has 1 N–H and O–H groups in total. The van der Waals surface area contributed by atoms with Gasteiger partial charge in [0.2, 0.25) is 0 Å². The maximum atomic E-state index is 6.33. The largest absolute Gasteiger partial charge is 0.310 e. The van der Waals surface area contributed by atoms with Crippen molar-refractivity contribution in [2.75, 3.05) is 6.54 Å². The van der Waals surface area contributed by atoms with Gasteiger partial charge in [-0.1, -0.05) is 50.4 Å². The summed E-state index contributed by atoms with van der Waals surface area (Å²) >= 11 is 6.33. The molecule has 0 bridgehead atoms. The molecule has 1 aromatic rings. The average Bonchev–Trinajstić information content (AvgIpc) is 2.92. The Hall–Kier alpha value is -0.530. The lowest BCUT2D eigenvalue weighted by atomic mass is 9.90. The number of benzene rings is 1. The van der Waals surface area contributed by atoms with Crippen molar-refractivity contribution in [2.24, 2.45) is 11.8 Å².